The minimum absolute atomic E-state index is 0.110. The highest BCUT2D eigenvalue weighted by Gasteiger charge is 2.12. The van der Waals surface area contributed by atoms with Gasteiger partial charge in [-0.2, -0.15) is 4.99 Å². The molecule has 1 aromatic heterocycles. The highest BCUT2D eigenvalue weighted by Crippen LogP contribution is 2.27. The average Bonchev–Trinajstić information content (AvgIpc) is 3.01. The number of para-hydroxylation sites is 1. The molecule has 0 saturated heterocycles. The van der Waals surface area contributed by atoms with E-state index >= 15 is 0 Å². The minimum atomic E-state index is -0.110. The number of fused-ring (bicyclic) bond motifs is 1. The van der Waals surface area contributed by atoms with Crippen LogP contribution in [0.4, 0.5) is 0 Å². The maximum Gasteiger partial charge on any atom is 0.249 e. The predicted octanol–water partition coefficient (Wildman–Crippen LogP) is 4.90. The molecular formula is C21H22N2O2S2. The quantitative estimate of drug-likeness (QED) is 0.400. The number of rotatable bonds is 8. The number of amides is 1. The molecule has 3 rings (SSSR count). The van der Waals surface area contributed by atoms with Crippen molar-refractivity contribution in [2.75, 3.05) is 12.4 Å². The van der Waals surface area contributed by atoms with Gasteiger partial charge in [0.1, 0.15) is 11.3 Å². The number of hydrogen-bond donors (Lipinski definition) is 0. The zero-order valence-electron chi connectivity index (χ0n) is 15.3. The normalized spacial score (nSPS) is 11.7. The van der Waals surface area contributed by atoms with E-state index in [0.717, 1.165) is 20.9 Å². The molecule has 0 fully saturated rings. The van der Waals surface area contributed by atoms with Crippen molar-refractivity contribution in [1.29, 1.82) is 0 Å². The van der Waals surface area contributed by atoms with Gasteiger partial charge < -0.3 is 9.30 Å². The molecule has 0 spiro atoms. The Morgan fingerprint density at radius 2 is 2.07 bits per heavy atom. The van der Waals surface area contributed by atoms with Crippen molar-refractivity contribution in [3.05, 3.63) is 66.0 Å². The molecule has 0 aliphatic heterocycles. The summed E-state index contributed by atoms with van der Waals surface area (Å²) in [6, 6.07) is 16.0. The molecule has 1 amide bonds. The Morgan fingerprint density at radius 3 is 2.81 bits per heavy atom. The molecule has 6 heteroatoms. The van der Waals surface area contributed by atoms with Crippen LogP contribution in [0.3, 0.4) is 0 Å². The smallest absolute Gasteiger partial charge is 0.249 e. The summed E-state index contributed by atoms with van der Waals surface area (Å²) in [5.74, 6) is 1.41. The maximum atomic E-state index is 12.4. The molecule has 0 bridgehead atoms. The van der Waals surface area contributed by atoms with Crippen LogP contribution in [0, 0.1) is 0 Å². The number of nitrogens with zero attached hydrogens (tertiary/aromatic N) is 2. The molecule has 0 N–H and O–H groups in total. The lowest BCUT2D eigenvalue weighted by atomic mass is 10.3. The van der Waals surface area contributed by atoms with E-state index in [1.165, 1.54) is 11.3 Å². The van der Waals surface area contributed by atoms with Gasteiger partial charge in [0.15, 0.2) is 4.80 Å². The number of aromatic nitrogens is 1. The van der Waals surface area contributed by atoms with Crippen LogP contribution in [0.2, 0.25) is 0 Å². The summed E-state index contributed by atoms with van der Waals surface area (Å²) in [6.07, 6.45) is 2.21. The molecular weight excluding hydrogens is 376 g/mol. The summed E-state index contributed by atoms with van der Waals surface area (Å²) in [7, 11) is 0. The summed E-state index contributed by atoms with van der Waals surface area (Å²) in [6.45, 7) is 6.96. The van der Waals surface area contributed by atoms with Crippen LogP contribution < -0.4 is 9.54 Å². The second-order valence-corrected chi connectivity index (χ2v) is 7.91. The van der Waals surface area contributed by atoms with Gasteiger partial charge in [0, 0.05) is 23.6 Å². The van der Waals surface area contributed by atoms with Crippen molar-refractivity contribution >= 4 is 39.2 Å². The summed E-state index contributed by atoms with van der Waals surface area (Å²) < 4.78 is 8.81. The summed E-state index contributed by atoms with van der Waals surface area (Å²) in [5.41, 5.74) is 0.967. The van der Waals surface area contributed by atoms with Crippen LogP contribution in [-0.2, 0) is 11.3 Å². The van der Waals surface area contributed by atoms with E-state index in [0.29, 0.717) is 30.1 Å². The molecule has 0 atom stereocenters. The maximum absolute atomic E-state index is 12.4. The molecule has 0 aliphatic rings. The van der Waals surface area contributed by atoms with E-state index in [1.54, 1.807) is 11.8 Å². The Hall–Kier alpha value is -2.31. The predicted molar refractivity (Wildman–Crippen MR) is 114 cm³/mol. The highest BCUT2D eigenvalue weighted by atomic mass is 32.2. The molecule has 140 valence electrons. The number of ether oxygens (including phenoxy) is 1. The third kappa shape index (κ3) is 4.90. The SMILES string of the molecule is C=CCn1c(=NC(=O)CCSc2ccccc2)sc2cccc(OCC)c21. The number of thioether (sulfide) groups is 1. The number of carbonyl (C=O) groups is 1. The lowest BCUT2D eigenvalue weighted by molar-refractivity contribution is -0.117. The van der Waals surface area contributed by atoms with E-state index < -0.39 is 0 Å². The van der Waals surface area contributed by atoms with Crippen LogP contribution in [0.25, 0.3) is 10.2 Å². The topological polar surface area (TPSA) is 43.6 Å². The van der Waals surface area contributed by atoms with E-state index in [1.807, 2.05) is 66.1 Å². The van der Waals surface area contributed by atoms with E-state index in [2.05, 4.69) is 11.6 Å². The molecule has 0 radical (unpaired) electrons. The van der Waals surface area contributed by atoms with Gasteiger partial charge >= 0.3 is 0 Å². The first-order chi connectivity index (χ1) is 13.2. The van der Waals surface area contributed by atoms with Crippen molar-refractivity contribution in [2.24, 2.45) is 4.99 Å². The first-order valence-electron chi connectivity index (χ1n) is 8.84. The van der Waals surface area contributed by atoms with Crippen LogP contribution in [-0.4, -0.2) is 22.8 Å². The number of allylic oxidation sites excluding steroid dienone is 1. The fraction of sp³-hybridized carbons (Fsp3) is 0.238. The van der Waals surface area contributed by atoms with Crippen molar-refractivity contribution in [3.63, 3.8) is 0 Å². The van der Waals surface area contributed by atoms with E-state index in [9.17, 15) is 4.79 Å². The second kappa shape index (κ2) is 9.58. The fourth-order valence-corrected chi connectivity index (χ4v) is 4.63. The summed E-state index contributed by atoms with van der Waals surface area (Å²) in [4.78, 5) is 18.6. The molecule has 3 aromatic rings. The monoisotopic (exact) mass is 398 g/mol. The lowest BCUT2D eigenvalue weighted by Gasteiger charge is -2.07. The van der Waals surface area contributed by atoms with E-state index in [-0.39, 0.29) is 5.91 Å². The van der Waals surface area contributed by atoms with Crippen molar-refractivity contribution < 1.29 is 9.53 Å². The zero-order valence-corrected chi connectivity index (χ0v) is 16.9. The Labute approximate surface area is 167 Å². The first-order valence-corrected chi connectivity index (χ1v) is 10.6. The van der Waals surface area contributed by atoms with Crippen LogP contribution >= 0.6 is 23.1 Å². The van der Waals surface area contributed by atoms with Gasteiger partial charge in [-0.1, -0.05) is 41.7 Å². The van der Waals surface area contributed by atoms with Gasteiger partial charge in [-0.15, -0.1) is 18.3 Å². The van der Waals surface area contributed by atoms with Gasteiger partial charge in [-0.05, 0) is 31.2 Å². The van der Waals surface area contributed by atoms with Gasteiger partial charge in [-0.3, -0.25) is 4.79 Å². The number of carbonyl (C=O) groups excluding carboxylic acids is 1. The summed E-state index contributed by atoms with van der Waals surface area (Å²) >= 11 is 3.17. The van der Waals surface area contributed by atoms with Crippen LogP contribution in [0.5, 0.6) is 5.75 Å². The average molecular weight is 399 g/mol. The zero-order chi connectivity index (χ0) is 19.1. The Balaban J connectivity index is 1.83. The Morgan fingerprint density at radius 1 is 1.26 bits per heavy atom. The fourth-order valence-electron chi connectivity index (χ4n) is 2.69. The number of hydrogen-bond acceptors (Lipinski definition) is 4. The molecule has 0 saturated carbocycles. The van der Waals surface area contributed by atoms with Crippen molar-refractivity contribution in [2.45, 2.75) is 24.8 Å². The molecule has 27 heavy (non-hydrogen) atoms. The molecule has 2 aromatic carbocycles. The highest BCUT2D eigenvalue weighted by molar-refractivity contribution is 7.99. The van der Waals surface area contributed by atoms with Crippen LogP contribution in [0.15, 0.2) is 71.1 Å². The summed E-state index contributed by atoms with van der Waals surface area (Å²) in [5, 5.41) is 0. The standard InChI is InChI=1S/C21H22N2O2S2/c1-3-14-23-20-17(25-4-2)11-8-12-18(20)27-21(23)22-19(24)13-15-26-16-9-6-5-7-10-16/h3,5-12H,1,4,13-15H2,2H3. The lowest BCUT2D eigenvalue weighted by Crippen LogP contribution is -2.16. The molecule has 4 nitrogen and oxygen atoms in total. The second-order valence-electron chi connectivity index (χ2n) is 5.74. The molecule has 0 aliphatic carbocycles. The van der Waals surface area contributed by atoms with Gasteiger partial charge in [0.05, 0.1) is 11.3 Å². The molecule has 1 heterocycles. The first kappa shape index (κ1) is 19.5. The van der Waals surface area contributed by atoms with E-state index in [4.69, 9.17) is 4.74 Å². The van der Waals surface area contributed by atoms with Crippen molar-refractivity contribution in [1.82, 2.24) is 4.57 Å². The minimum Gasteiger partial charge on any atom is -0.492 e. The van der Waals surface area contributed by atoms with Crippen molar-refractivity contribution in [3.8, 4) is 5.75 Å². The largest absolute Gasteiger partial charge is 0.492 e. The number of benzene rings is 2. The number of thiazole rings is 1. The third-order valence-electron chi connectivity index (χ3n) is 3.82. The molecule has 0 unspecified atom stereocenters. The Bertz CT molecular complexity index is 990. The van der Waals surface area contributed by atoms with Gasteiger partial charge in [0.2, 0.25) is 5.91 Å². The van der Waals surface area contributed by atoms with Gasteiger partial charge in [-0.25, -0.2) is 0 Å². The Kier molecular flexibility index (Phi) is 6.90. The van der Waals surface area contributed by atoms with Crippen LogP contribution in [0.1, 0.15) is 13.3 Å². The third-order valence-corrected chi connectivity index (χ3v) is 5.88. The van der Waals surface area contributed by atoms with Gasteiger partial charge in [0.25, 0.3) is 0 Å².